The van der Waals surface area contributed by atoms with Crippen LogP contribution in [0.4, 0.5) is 0 Å². The molecule has 0 aliphatic carbocycles. The molecule has 0 aliphatic rings. The Hall–Kier alpha value is -2.80. The summed E-state index contributed by atoms with van der Waals surface area (Å²) in [6, 6.07) is 9.57. The van der Waals surface area contributed by atoms with Gasteiger partial charge in [0.1, 0.15) is 12.2 Å². The molecule has 0 atom stereocenters. The van der Waals surface area contributed by atoms with Gasteiger partial charge in [-0.1, -0.05) is 36.4 Å². The van der Waals surface area contributed by atoms with E-state index in [0.29, 0.717) is 17.8 Å². The number of hydrogen-bond acceptors (Lipinski definition) is 5. The Morgan fingerprint density at radius 2 is 2.12 bits per heavy atom. The van der Waals surface area contributed by atoms with Crippen LogP contribution in [0.25, 0.3) is 21.5 Å². The van der Waals surface area contributed by atoms with E-state index in [-0.39, 0.29) is 18.0 Å². The van der Waals surface area contributed by atoms with E-state index < -0.39 is 0 Å². The molecule has 0 bridgehead atoms. The minimum absolute atomic E-state index is 0.154. The summed E-state index contributed by atoms with van der Waals surface area (Å²) >= 11 is 1.43. The molecule has 0 saturated heterocycles. The van der Waals surface area contributed by atoms with Gasteiger partial charge in [0.15, 0.2) is 5.52 Å². The number of thiazole rings is 1. The lowest BCUT2D eigenvalue weighted by atomic mass is 10.1. The summed E-state index contributed by atoms with van der Waals surface area (Å²) in [7, 11) is 0. The summed E-state index contributed by atoms with van der Waals surface area (Å²) in [6.07, 6.45) is 1.58. The minimum Gasteiger partial charge on any atom is -0.351 e. The number of nitrogens with zero attached hydrogens (tertiary/aromatic N) is 3. The first-order valence-corrected chi connectivity index (χ1v) is 8.23. The van der Waals surface area contributed by atoms with Gasteiger partial charge < -0.3 is 5.32 Å². The highest BCUT2D eigenvalue weighted by molar-refractivity contribution is 7.19. The maximum absolute atomic E-state index is 12.6. The van der Waals surface area contributed by atoms with E-state index in [1.54, 1.807) is 6.08 Å². The molecule has 0 fully saturated rings. The predicted molar refractivity (Wildman–Crippen MR) is 95.1 cm³/mol. The van der Waals surface area contributed by atoms with Gasteiger partial charge in [-0.25, -0.2) is 9.67 Å². The third-order valence-electron chi connectivity index (χ3n) is 3.39. The van der Waals surface area contributed by atoms with Gasteiger partial charge in [-0.15, -0.1) is 17.9 Å². The van der Waals surface area contributed by atoms with Crippen LogP contribution in [-0.2, 0) is 11.3 Å². The highest BCUT2D eigenvalue weighted by Gasteiger charge is 2.17. The average molecular weight is 340 g/mol. The quantitative estimate of drug-likeness (QED) is 0.722. The van der Waals surface area contributed by atoms with Crippen molar-refractivity contribution in [3.63, 3.8) is 0 Å². The topological polar surface area (TPSA) is 76.9 Å². The molecule has 0 radical (unpaired) electrons. The number of fused-ring (bicyclic) bond motifs is 1. The molecule has 0 aliphatic heterocycles. The molecule has 1 amide bonds. The summed E-state index contributed by atoms with van der Waals surface area (Å²) < 4.78 is 1.91. The molecule has 3 aromatic rings. The molecule has 0 saturated carbocycles. The van der Waals surface area contributed by atoms with Crippen molar-refractivity contribution in [2.24, 2.45) is 0 Å². The van der Waals surface area contributed by atoms with Gasteiger partial charge in [-0.2, -0.15) is 5.10 Å². The zero-order valence-electron chi connectivity index (χ0n) is 13.2. The van der Waals surface area contributed by atoms with Crippen LogP contribution in [0.5, 0.6) is 0 Å². The predicted octanol–water partition coefficient (Wildman–Crippen LogP) is 2.13. The fraction of sp³-hybridized carbons (Fsp3) is 0.176. The number of carbonyl (C=O) groups is 1. The normalized spacial score (nSPS) is 10.7. The summed E-state index contributed by atoms with van der Waals surface area (Å²) in [5, 5.41) is 7.85. The first-order chi connectivity index (χ1) is 11.6. The SMILES string of the molecule is C=CCNC(=O)Cn1nc(-c2ccccc2)c2sc(C)nc2c1=O. The fourth-order valence-electron chi connectivity index (χ4n) is 2.34. The van der Waals surface area contributed by atoms with Crippen LogP contribution < -0.4 is 10.9 Å². The van der Waals surface area contributed by atoms with Crippen LogP contribution in [0.15, 0.2) is 47.8 Å². The lowest BCUT2D eigenvalue weighted by Gasteiger charge is -2.08. The monoisotopic (exact) mass is 340 g/mol. The summed E-state index contributed by atoms with van der Waals surface area (Å²) in [5.74, 6) is -0.296. The van der Waals surface area contributed by atoms with Gasteiger partial charge >= 0.3 is 0 Å². The first-order valence-electron chi connectivity index (χ1n) is 7.41. The van der Waals surface area contributed by atoms with Crippen molar-refractivity contribution in [3.05, 3.63) is 58.3 Å². The van der Waals surface area contributed by atoms with Crippen LogP contribution >= 0.6 is 11.3 Å². The third kappa shape index (κ3) is 3.11. The molecule has 2 aromatic heterocycles. The smallest absolute Gasteiger partial charge is 0.294 e. The summed E-state index contributed by atoms with van der Waals surface area (Å²) in [6.45, 7) is 5.59. The molecule has 3 rings (SSSR count). The average Bonchev–Trinajstić information content (AvgIpc) is 2.98. The van der Waals surface area contributed by atoms with Gasteiger partial charge in [0, 0.05) is 12.1 Å². The lowest BCUT2D eigenvalue weighted by molar-refractivity contribution is -0.121. The van der Waals surface area contributed by atoms with Gasteiger partial charge in [0.05, 0.1) is 9.71 Å². The number of aryl methyl sites for hydroxylation is 1. The first kappa shape index (κ1) is 16.1. The molecule has 24 heavy (non-hydrogen) atoms. The van der Waals surface area contributed by atoms with Crippen LogP contribution in [0.3, 0.4) is 0 Å². The number of hydrogen-bond donors (Lipinski definition) is 1. The number of aromatic nitrogens is 3. The van der Waals surface area contributed by atoms with E-state index in [4.69, 9.17) is 0 Å². The molecule has 1 N–H and O–H groups in total. The summed E-state index contributed by atoms with van der Waals surface area (Å²) in [4.78, 5) is 28.8. The Bertz CT molecular complexity index is 960. The molecule has 0 spiro atoms. The van der Waals surface area contributed by atoms with E-state index in [1.807, 2.05) is 37.3 Å². The summed E-state index contributed by atoms with van der Waals surface area (Å²) in [5.41, 5.74) is 1.53. The molecular weight excluding hydrogens is 324 g/mol. The highest BCUT2D eigenvalue weighted by Crippen LogP contribution is 2.29. The highest BCUT2D eigenvalue weighted by atomic mass is 32.1. The van der Waals surface area contributed by atoms with Crippen LogP contribution in [0.2, 0.25) is 0 Å². The number of carbonyl (C=O) groups excluding carboxylic acids is 1. The third-order valence-corrected chi connectivity index (χ3v) is 4.37. The fourth-order valence-corrected chi connectivity index (χ4v) is 3.25. The Balaban J connectivity index is 2.13. The van der Waals surface area contributed by atoms with Crippen molar-refractivity contribution in [1.29, 1.82) is 0 Å². The number of benzene rings is 1. The maximum Gasteiger partial charge on any atom is 0.294 e. The van der Waals surface area contributed by atoms with E-state index >= 15 is 0 Å². The molecule has 0 unspecified atom stereocenters. The maximum atomic E-state index is 12.6. The Morgan fingerprint density at radius 3 is 2.83 bits per heavy atom. The van der Waals surface area contributed by atoms with E-state index in [9.17, 15) is 9.59 Å². The van der Waals surface area contributed by atoms with E-state index in [2.05, 4.69) is 22.0 Å². The standard InChI is InChI=1S/C17H16N4O2S/c1-3-9-18-13(22)10-21-17(23)15-16(24-11(2)19-15)14(20-21)12-7-5-4-6-8-12/h3-8H,1,9-10H2,2H3,(H,18,22). The Kier molecular flexibility index (Phi) is 4.52. The lowest BCUT2D eigenvalue weighted by Crippen LogP contribution is -2.34. The van der Waals surface area contributed by atoms with Crippen molar-refractivity contribution in [2.45, 2.75) is 13.5 Å². The van der Waals surface area contributed by atoms with Crippen LogP contribution in [-0.4, -0.2) is 27.2 Å². The second-order valence-electron chi connectivity index (χ2n) is 5.18. The van der Waals surface area contributed by atoms with Crippen molar-refractivity contribution in [3.8, 4) is 11.3 Å². The molecule has 122 valence electrons. The molecule has 6 nitrogen and oxygen atoms in total. The van der Waals surface area contributed by atoms with Gasteiger partial charge in [0.2, 0.25) is 5.91 Å². The molecule has 7 heteroatoms. The van der Waals surface area contributed by atoms with Gasteiger partial charge in [-0.3, -0.25) is 9.59 Å². The second kappa shape index (κ2) is 6.76. The number of rotatable bonds is 5. The zero-order valence-corrected chi connectivity index (χ0v) is 14.0. The largest absolute Gasteiger partial charge is 0.351 e. The van der Waals surface area contributed by atoms with Crippen molar-refractivity contribution < 1.29 is 4.79 Å². The zero-order chi connectivity index (χ0) is 17.1. The van der Waals surface area contributed by atoms with Gasteiger partial charge in [0.25, 0.3) is 5.56 Å². The Labute approximate surface area is 142 Å². The second-order valence-corrected chi connectivity index (χ2v) is 6.38. The van der Waals surface area contributed by atoms with Crippen molar-refractivity contribution in [1.82, 2.24) is 20.1 Å². The van der Waals surface area contributed by atoms with Crippen molar-refractivity contribution in [2.75, 3.05) is 6.54 Å². The van der Waals surface area contributed by atoms with Crippen LogP contribution in [0.1, 0.15) is 5.01 Å². The van der Waals surface area contributed by atoms with Crippen LogP contribution in [0, 0.1) is 6.92 Å². The van der Waals surface area contributed by atoms with Gasteiger partial charge in [-0.05, 0) is 6.92 Å². The van der Waals surface area contributed by atoms with Crippen molar-refractivity contribution >= 4 is 27.5 Å². The number of nitrogens with one attached hydrogen (secondary N) is 1. The molecular formula is C17H16N4O2S. The Morgan fingerprint density at radius 1 is 1.38 bits per heavy atom. The minimum atomic E-state index is -0.359. The molecule has 1 aromatic carbocycles. The molecule has 2 heterocycles. The number of amides is 1. The van der Waals surface area contributed by atoms with E-state index in [0.717, 1.165) is 15.3 Å². The van der Waals surface area contributed by atoms with E-state index in [1.165, 1.54) is 16.0 Å².